The number of hydrogen-bond donors (Lipinski definition) is 1. The number of morpholine rings is 1. The predicted octanol–water partition coefficient (Wildman–Crippen LogP) is 2.53. The first-order valence-electron chi connectivity index (χ1n) is 10.4. The van der Waals surface area contributed by atoms with Crippen molar-refractivity contribution in [1.29, 1.82) is 0 Å². The van der Waals surface area contributed by atoms with Crippen molar-refractivity contribution in [2.24, 2.45) is 0 Å². The van der Waals surface area contributed by atoms with Crippen LogP contribution in [0.4, 0.5) is 5.69 Å². The molecular weight excluding hydrogens is 474 g/mol. The zero-order valence-corrected chi connectivity index (χ0v) is 19.5. The van der Waals surface area contributed by atoms with Crippen LogP contribution in [0.2, 0.25) is 0 Å². The number of hydrogen-bond acceptors (Lipinski definition) is 8. The lowest BCUT2D eigenvalue weighted by Gasteiger charge is -2.31. The minimum atomic E-state index is -4.26. The van der Waals surface area contributed by atoms with E-state index in [9.17, 15) is 18.5 Å². The van der Waals surface area contributed by atoms with Crippen molar-refractivity contribution < 1.29 is 27.6 Å². The molecule has 1 fully saturated rings. The van der Waals surface area contributed by atoms with E-state index in [1.807, 2.05) is 30.3 Å². The molecule has 33 heavy (non-hydrogen) atoms. The van der Waals surface area contributed by atoms with Crippen LogP contribution < -0.4 is 14.2 Å². The van der Waals surface area contributed by atoms with E-state index in [4.69, 9.17) is 14.2 Å². The Morgan fingerprint density at radius 3 is 2.30 bits per heavy atom. The van der Waals surface area contributed by atoms with Crippen LogP contribution in [0.5, 0.6) is 11.5 Å². The molecule has 2 aliphatic rings. The maximum Gasteiger partial charge on any atom is 0.293 e. The third kappa shape index (κ3) is 6.12. The number of nitro groups is 1. The monoisotopic (exact) mass is 499 g/mol. The highest BCUT2D eigenvalue weighted by atomic mass is 35.5. The fraction of sp³-hybridized carbons (Fsp3) is 0.429. The van der Waals surface area contributed by atoms with E-state index in [0.717, 1.165) is 11.6 Å². The van der Waals surface area contributed by atoms with Gasteiger partial charge in [0.1, 0.15) is 0 Å². The molecule has 2 heterocycles. The Balaban J connectivity index is 0.00000306. The zero-order valence-electron chi connectivity index (χ0n) is 17.8. The summed E-state index contributed by atoms with van der Waals surface area (Å²) in [6.45, 7) is 3.57. The Morgan fingerprint density at radius 2 is 1.67 bits per heavy atom. The topological polar surface area (TPSA) is 120 Å². The van der Waals surface area contributed by atoms with E-state index in [2.05, 4.69) is 9.62 Å². The first-order chi connectivity index (χ1) is 15.4. The van der Waals surface area contributed by atoms with Crippen LogP contribution >= 0.6 is 12.4 Å². The maximum absolute atomic E-state index is 13.4. The quantitative estimate of drug-likeness (QED) is 0.455. The summed E-state index contributed by atoms with van der Waals surface area (Å²) in [7, 11) is -4.26. The summed E-state index contributed by atoms with van der Waals surface area (Å²) in [5.74, 6) is 0.346. The molecule has 2 aromatic carbocycles. The highest BCUT2D eigenvalue weighted by molar-refractivity contribution is 7.89. The summed E-state index contributed by atoms with van der Waals surface area (Å²) in [5, 5.41) is 11.7. The summed E-state index contributed by atoms with van der Waals surface area (Å²) in [6, 6.07) is 10.9. The summed E-state index contributed by atoms with van der Waals surface area (Å²) >= 11 is 0. The average molecular weight is 500 g/mol. The molecule has 2 aliphatic heterocycles. The van der Waals surface area contributed by atoms with Gasteiger partial charge in [0, 0.05) is 32.1 Å². The number of fused-ring (bicyclic) bond motifs is 1. The molecule has 2 aromatic rings. The first-order valence-corrected chi connectivity index (χ1v) is 11.9. The fourth-order valence-electron chi connectivity index (χ4n) is 3.73. The van der Waals surface area contributed by atoms with Gasteiger partial charge in [-0.05, 0) is 5.56 Å². The molecule has 0 bridgehead atoms. The Morgan fingerprint density at radius 1 is 1.03 bits per heavy atom. The average Bonchev–Trinajstić information content (AvgIpc) is 3.04. The van der Waals surface area contributed by atoms with Crippen molar-refractivity contribution in [1.82, 2.24) is 9.62 Å². The Hall–Kier alpha value is -2.44. The van der Waals surface area contributed by atoms with Gasteiger partial charge in [0.25, 0.3) is 5.69 Å². The van der Waals surface area contributed by atoms with Gasteiger partial charge in [0.2, 0.25) is 10.0 Å². The van der Waals surface area contributed by atoms with Crippen molar-refractivity contribution >= 4 is 28.1 Å². The van der Waals surface area contributed by atoms with E-state index >= 15 is 0 Å². The molecule has 180 valence electrons. The second-order valence-electron chi connectivity index (χ2n) is 7.57. The van der Waals surface area contributed by atoms with Crippen LogP contribution in [0.25, 0.3) is 0 Å². The molecule has 0 aromatic heterocycles. The maximum atomic E-state index is 13.4. The molecular formula is C21H26ClN3O7S. The number of benzene rings is 2. The van der Waals surface area contributed by atoms with Crippen molar-refractivity contribution in [3.05, 3.63) is 58.1 Å². The summed E-state index contributed by atoms with van der Waals surface area (Å²) in [5.41, 5.74) is 0.208. The van der Waals surface area contributed by atoms with Gasteiger partial charge in [0.15, 0.2) is 16.4 Å². The number of nitrogens with zero attached hydrogens (tertiary/aromatic N) is 2. The fourth-order valence-corrected chi connectivity index (χ4v) is 5.11. The lowest BCUT2D eigenvalue weighted by Crippen LogP contribution is -2.43. The molecule has 0 amide bonds. The molecule has 0 spiro atoms. The number of nitro benzene ring substituents is 1. The number of nitrogens with one attached hydrogen (secondary N) is 1. The predicted molar refractivity (Wildman–Crippen MR) is 123 cm³/mol. The molecule has 4 rings (SSSR count). The van der Waals surface area contributed by atoms with E-state index < -0.39 is 31.6 Å². The second-order valence-corrected chi connectivity index (χ2v) is 9.25. The molecule has 1 N–H and O–H groups in total. The van der Waals surface area contributed by atoms with Crippen LogP contribution in [-0.2, 0) is 14.8 Å². The van der Waals surface area contributed by atoms with Crippen LogP contribution in [0.3, 0.4) is 0 Å². The molecule has 0 aliphatic carbocycles. The first kappa shape index (κ1) is 25.2. The minimum Gasteiger partial charge on any atom is -0.490 e. The standard InChI is InChI=1S/C21H25N3O7S.ClH/c25-24(26)18-13-19-20(31-10-4-9-30-19)14-21(18)32(27,28)22-17(16-5-2-1-3-6-16)15-23-7-11-29-12-8-23;/h1-3,5-6,13-14,17,22H,4,7-12,15H2;1H. The van der Waals surface area contributed by atoms with Crippen LogP contribution in [0, 0.1) is 10.1 Å². The Kier molecular flexibility index (Phi) is 8.49. The van der Waals surface area contributed by atoms with Gasteiger partial charge in [-0.3, -0.25) is 15.0 Å². The molecule has 1 atom stereocenters. The third-order valence-electron chi connectivity index (χ3n) is 5.36. The zero-order chi connectivity index (χ0) is 22.6. The van der Waals surface area contributed by atoms with Gasteiger partial charge in [-0.2, -0.15) is 0 Å². The van der Waals surface area contributed by atoms with Gasteiger partial charge in [-0.1, -0.05) is 30.3 Å². The van der Waals surface area contributed by atoms with E-state index in [1.165, 1.54) is 6.07 Å². The van der Waals surface area contributed by atoms with Crippen molar-refractivity contribution in [3.63, 3.8) is 0 Å². The molecule has 12 heteroatoms. The second kappa shape index (κ2) is 11.1. The summed E-state index contributed by atoms with van der Waals surface area (Å²) in [6.07, 6.45) is 0.596. The lowest BCUT2D eigenvalue weighted by atomic mass is 10.1. The van der Waals surface area contributed by atoms with Crippen molar-refractivity contribution in [3.8, 4) is 11.5 Å². The number of ether oxygens (including phenoxy) is 3. The van der Waals surface area contributed by atoms with Crippen LogP contribution in [0.1, 0.15) is 18.0 Å². The lowest BCUT2D eigenvalue weighted by molar-refractivity contribution is -0.387. The number of rotatable bonds is 7. The Bertz CT molecular complexity index is 1060. The van der Waals surface area contributed by atoms with Gasteiger partial charge >= 0.3 is 0 Å². The highest BCUT2D eigenvalue weighted by Gasteiger charge is 2.32. The van der Waals surface area contributed by atoms with Gasteiger partial charge in [-0.25, -0.2) is 13.1 Å². The molecule has 0 radical (unpaired) electrons. The summed E-state index contributed by atoms with van der Waals surface area (Å²) in [4.78, 5) is 12.6. The van der Waals surface area contributed by atoms with Crippen molar-refractivity contribution in [2.45, 2.75) is 17.4 Å². The van der Waals surface area contributed by atoms with Crippen molar-refractivity contribution in [2.75, 3.05) is 46.1 Å². The largest absolute Gasteiger partial charge is 0.490 e. The van der Waals surface area contributed by atoms with Crippen LogP contribution in [0.15, 0.2) is 47.4 Å². The van der Waals surface area contributed by atoms with E-state index in [1.54, 1.807) is 0 Å². The van der Waals surface area contributed by atoms with Gasteiger partial charge < -0.3 is 14.2 Å². The third-order valence-corrected chi connectivity index (χ3v) is 6.86. The normalized spacial score (nSPS) is 17.5. The SMILES string of the molecule is Cl.O=[N+]([O-])c1cc2c(cc1S(=O)(=O)NC(CN1CCOCC1)c1ccccc1)OCCCO2. The highest BCUT2D eigenvalue weighted by Crippen LogP contribution is 2.38. The Labute approximate surface area is 198 Å². The van der Waals surface area contributed by atoms with Gasteiger partial charge in [0.05, 0.1) is 43.5 Å². The molecule has 0 saturated carbocycles. The van der Waals surface area contributed by atoms with Crippen LogP contribution in [-0.4, -0.2) is 64.3 Å². The van der Waals surface area contributed by atoms with E-state index in [0.29, 0.717) is 52.5 Å². The smallest absolute Gasteiger partial charge is 0.293 e. The molecule has 1 unspecified atom stereocenters. The number of halogens is 1. The summed E-state index contributed by atoms with van der Waals surface area (Å²) < 4.78 is 45.9. The minimum absolute atomic E-state index is 0. The molecule has 10 nitrogen and oxygen atoms in total. The van der Waals surface area contributed by atoms with Gasteiger partial charge in [-0.15, -0.1) is 12.4 Å². The number of sulfonamides is 1. The molecule has 1 saturated heterocycles. The van der Waals surface area contributed by atoms with E-state index in [-0.39, 0.29) is 23.9 Å².